The molecule has 31 heavy (non-hydrogen) atoms. The average Bonchev–Trinajstić information content (AvgIpc) is 3.37. The van der Waals surface area contributed by atoms with Crippen LogP contribution in [0.4, 0.5) is 0 Å². The second kappa shape index (κ2) is 12.2. The predicted octanol–water partition coefficient (Wildman–Crippen LogP) is 2.87. The van der Waals surface area contributed by atoms with Crippen molar-refractivity contribution in [2.24, 2.45) is 29.6 Å². The summed E-state index contributed by atoms with van der Waals surface area (Å²) in [7, 11) is 0. The summed E-state index contributed by atoms with van der Waals surface area (Å²) < 4.78 is 23.0. The smallest absolute Gasteiger partial charge is 0.286 e. The van der Waals surface area contributed by atoms with Gasteiger partial charge in [0.2, 0.25) is 6.29 Å². The number of carbonyl (C=O) groups excluding carboxylic acids is 1. The zero-order chi connectivity index (χ0) is 22.2. The highest BCUT2D eigenvalue weighted by Gasteiger charge is 2.42. The Morgan fingerprint density at radius 2 is 1.97 bits per heavy atom. The van der Waals surface area contributed by atoms with Crippen LogP contribution in [0.25, 0.3) is 0 Å². The van der Waals surface area contributed by atoms with Gasteiger partial charge in [-0.2, -0.15) is 0 Å². The average molecular weight is 440 g/mol. The van der Waals surface area contributed by atoms with E-state index in [1.165, 1.54) is 19.3 Å². The molecule has 2 N–H and O–H groups in total. The predicted molar refractivity (Wildman–Crippen MR) is 117 cm³/mol. The second-order valence-electron chi connectivity index (χ2n) is 9.45. The van der Waals surface area contributed by atoms with Crippen LogP contribution in [0.1, 0.15) is 52.9 Å². The van der Waals surface area contributed by atoms with E-state index in [0.717, 1.165) is 18.8 Å². The lowest BCUT2D eigenvalue weighted by atomic mass is 9.79. The molecule has 2 saturated carbocycles. The first-order valence-electron chi connectivity index (χ1n) is 12.1. The molecule has 7 heteroatoms. The summed E-state index contributed by atoms with van der Waals surface area (Å²) in [6.45, 7) is 8.73. The summed E-state index contributed by atoms with van der Waals surface area (Å²) in [5.74, 6) is 2.40. The maximum atomic E-state index is 13.0. The van der Waals surface area contributed by atoms with Crippen molar-refractivity contribution in [3.05, 3.63) is 11.8 Å². The summed E-state index contributed by atoms with van der Waals surface area (Å²) in [6, 6.07) is 0.290. The zero-order valence-electron chi connectivity index (χ0n) is 19.4. The molecule has 3 unspecified atom stereocenters. The highest BCUT2D eigenvalue weighted by molar-refractivity contribution is 5.91. The quantitative estimate of drug-likeness (QED) is 0.429. The van der Waals surface area contributed by atoms with Crippen LogP contribution >= 0.6 is 0 Å². The van der Waals surface area contributed by atoms with E-state index in [9.17, 15) is 4.79 Å². The molecular formula is C24H41NO6. The Labute approximate surface area is 186 Å². The lowest BCUT2D eigenvalue weighted by Crippen LogP contribution is -2.44. The topological polar surface area (TPSA) is 86.3 Å². The Hall–Kier alpha value is -1.15. The van der Waals surface area contributed by atoms with Gasteiger partial charge >= 0.3 is 0 Å². The molecule has 2 aliphatic carbocycles. The van der Waals surface area contributed by atoms with Crippen molar-refractivity contribution in [3.63, 3.8) is 0 Å². The normalized spacial score (nSPS) is 32.2. The van der Waals surface area contributed by atoms with Crippen LogP contribution in [-0.4, -0.2) is 63.0 Å². The number of fused-ring (bicyclic) bond motifs is 2. The summed E-state index contributed by atoms with van der Waals surface area (Å²) in [5.41, 5.74) is 0. The van der Waals surface area contributed by atoms with Crippen molar-refractivity contribution in [1.82, 2.24) is 5.32 Å². The Morgan fingerprint density at radius 3 is 2.58 bits per heavy atom. The van der Waals surface area contributed by atoms with Crippen LogP contribution in [0.5, 0.6) is 0 Å². The number of hydrogen-bond donors (Lipinski definition) is 2. The standard InChI is InChI=1S/C24H41NO6/c1-4-30-24-19(7-9-28-11-12-29-10-8-26)20(16(2)3)15-22(31-24)23(27)25-21-14-17-5-6-18(21)13-17/h15-21,24,26H,4-14H2,1-3H3,(H,25,27)/t17?,18?,19-,20+,21?,24+/m1/s1. The van der Waals surface area contributed by atoms with Crippen LogP contribution in [0.15, 0.2) is 11.8 Å². The molecule has 7 nitrogen and oxygen atoms in total. The molecule has 0 spiro atoms. The summed E-state index contributed by atoms with van der Waals surface area (Å²) in [5, 5.41) is 12.0. The Kier molecular flexibility index (Phi) is 9.63. The van der Waals surface area contributed by atoms with Crippen molar-refractivity contribution in [3.8, 4) is 0 Å². The number of carbonyl (C=O) groups is 1. The molecule has 1 heterocycles. The second-order valence-corrected chi connectivity index (χ2v) is 9.45. The highest BCUT2D eigenvalue weighted by atomic mass is 16.7. The van der Waals surface area contributed by atoms with E-state index >= 15 is 0 Å². The fraction of sp³-hybridized carbons (Fsp3) is 0.875. The molecular weight excluding hydrogens is 398 g/mol. The van der Waals surface area contributed by atoms with Gasteiger partial charge in [0.05, 0.1) is 26.4 Å². The number of rotatable bonds is 13. The monoisotopic (exact) mass is 439 g/mol. The lowest BCUT2D eigenvalue weighted by molar-refractivity contribution is -0.177. The van der Waals surface area contributed by atoms with Crippen LogP contribution < -0.4 is 5.32 Å². The molecule has 0 saturated heterocycles. The van der Waals surface area contributed by atoms with E-state index in [1.54, 1.807) is 0 Å². The molecule has 2 bridgehead atoms. The Balaban J connectivity index is 1.57. The van der Waals surface area contributed by atoms with Gasteiger partial charge in [0.15, 0.2) is 5.76 Å². The van der Waals surface area contributed by atoms with E-state index in [-0.39, 0.29) is 30.4 Å². The van der Waals surface area contributed by atoms with E-state index in [0.29, 0.717) is 50.6 Å². The van der Waals surface area contributed by atoms with Gasteiger partial charge in [-0.05, 0) is 62.4 Å². The molecule has 1 aliphatic heterocycles. The van der Waals surface area contributed by atoms with Gasteiger partial charge in [0.1, 0.15) is 0 Å². The van der Waals surface area contributed by atoms with Gasteiger partial charge in [-0.3, -0.25) is 4.79 Å². The first-order valence-corrected chi connectivity index (χ1v) is 12.1. The molecule has 0 aromatic carbocycles. The van der Waals surface area contributed by atoms with Crippen molar-refractivity contribution < 1.29 is 28.8 Å². The third kappa shape index (κ3) is 6.67. The molecule has 0 aromatic rings. The number of hydrogen-bond acceptors (Lipinski definition) is 6. The maximum absolute atomic E-state index is 13.0. The molecule has 6 atom stereocenters. The van der Waals surface area contributed by atoms with Gasteiger partial charge in [-0.25, -0.2) is 0 Å². The van der Waals surface area contributed by atoms with Gasteiger partial charge in [-0.1, -0.05) is 20.3 Å². The first kappa shape index (κ1) is 24.5. The minimum absolute atomic E-state index is 0.0236. The molecule has 0 radical (unpaired) electrons. The number of ether oxygens (including phenoxy) is 4. The number of nitrogens with one attached hydrogen (secondary N) is 1. The van der Waals surface area contributed by atoms with E-state index in [1.807, 2.05) is 13.0 Å². The zero-order valence-corrected chi connectivity index (χ0v) is 19.4. The van der Waals surface area contributed by atoms with Crippen molar-refractivity contribution >= 4 is 5.91 Å². The minimum atomic E-state index is -0.447. The van der Waals surface area contributed by atoms with Crippen LogP contribution in [0.2, 0.25) is 0 Å². The van der Waals surface area contributed by atoms with Gasteiger partial charge in [0, 0.05) is 25.2 Å². The van der Waals surface area contributed by atoms with Crippen molar-refractivity contribution in [2.75, 3.05) is 39.6 Å². The van der Waals surface area contributed by atoms with Crippen LogP contribution in [-0.2, 0) is 23.7 Å². The summed E-state index contributed by atoms with van der Waals surface area (Å²) >= 11 is 0. The first-order chi connectivity index (χ1) is 15.0. The van der Waals surface area contributed by atoms with Gasteiger partial charge in [-0.15, -0.1) is 0 Å². The lowest BCUT2D eigenvalue weighted by Gasteiger charge is -2.38. The van der Waals surface area contributed by atoms with Crippen molar-refractivity contribution in [1.29, 1.82) is 0 Å². The van der Waals surface area contributed by atoms with Gasteiger partial charge < -0.3 is 29.4 Å². The molecule has 0 aromatic heterocycles. The number of allylic oxidation sites excluding steroid dienone is 1. The molecule has 1 amide bonds. The fourth-order valence-electron chi connectivity index (χ4n) is 5.47. The number of aliphatic hydroxyl groups excluding tert-OH is 1. The molecule has 178 valence electrons. The number of amides is 1. The van der Waals surface area contributed by atoms with E-state index in [2.05, 4.69) is 19.2 Å². The third-order valence-corrected chi connectivity index (χ3v) is 7.01. The molecule has 2 fully saturated rings. The summed E-state index contributed by atoms with van der Waals surface area (Å²) in [4.78, 5) is 13.0. The highest BCUT2D eigenvalue weighted by Crippen LogP contribution is 2.44. The van der Waals surface area contributed by atoms with E-state index in [4.69, 9.17) is 24.1 Å². The SMILES string of the molecule is CCO[C@H]1OC(C(=O)NC2CC3CCC2C3)=C[C@@H](C(C)C)[C@H]1CCOCCOCCO. The van der Waals surface area contributed by atoms with Crippen molar-refractivity contribution in [2.45, 2.75) is 65.2 Å². The minimum Gasteiger partial charge on any atom is -0.459 e. The molecule has 3 aliphatic rings. The van der Waals surface area contributed by atoms with Crippen LogP contribution in [0.3, 0.4) is 0 Å². The fourth-order valence-corrected chi connectivity index (χ4v) is 5.47. The number of aliphatic hydroxyl groups is 1. The summed E-state index contributed by atoms with van der Waals surface area (Å²) in [6.07, 6.45) is 7.26. The largest absolute Gasteiger partial charge is 0.459 e. The Morgan fingerprint density at radius 1 is 1.19 bits per heavy atom. The van der Waals surface area contributed by atoms with E-state index < -0.39 is 6.29 Å². The Bertz CT molecular complexity index is 595. The maximum Gasteiger partial charge on any atom is 0.286 e. The third-order valence-electron chi connectivity index (χ3n) is 7.01. The van der Waals surface area contributed by atoms with Gasteiger partial charge in [0.25, 0.3) is 5.91 Å². The molecule has 3 rings (SSSR count). The van der Waals surface area contributed by atoms with Crippen LogP contribution in [0, 0.1) is 29.6 Å².